The topological polar surface area (TPSA) is 20.3 Å². The van der Waals surface area contributed by atoms with Gasteiger partial charge >= 0.3 is 0 Å². The summed E-state index contributed by atoms with van der Waals surface area (Å²) in [5.41, 5.74) is 0. The quantitative estimate of drug-likeness (QED) is 0.539. The number of likely N-dealkylation sites (tertiary alicyclic amines) is 1. The van der Waals surface area contributed by atoms with E-state index in [2.05, 4.69) is 27.8 Å². The van der Waals surface area contributed by atoms with Gasteiger partial charge in [0.1, 0.15) is 0 Å². The van der Waals surface area contributed by atoms with Crippen LogP contribution in [-0.2, 0) is 4.79 Å². The van der Waals surface area contributed by atoms with Crippen LogP contribution in [0, 0.1) is 5.92 Å². The van der Waals surface area contributed by atoms with Gasteiger partial charge in [0.2, 0.25) is 5.91 Å². The van der Waals surface area contributed by atoms with Crippen LogP contribution in [0.4, 0.5) is 0 Å². The van der Waals surface area contributed by atoms with Gasteiger partial charge in [-0.1, -0.05) is 29.3 Å². The van der Waals surface area contributed by atoms with Gasteiger partial charge in [-0.05, 0) is 31.6 Å². The van der Waals surface area contributed by atoms with Crippen molar-refractivity contribution in [3.63, 3.8) is 0 Å². The van der Waals surface area contributed by atoms with Gasteiger partial charge in [-0.2, -0.15) is 0 Å². The molecule has 1 unspecified atom stereocenters. The van der Waals surface area contributed by atoms with Crippen LogP contribution < -0.4 is 0 Å². The molecule has 0 spiro atoms. The molecule has 1 fully saturated rings. The Labute approximate surface area is 102 Å². The zero-order valence-electron chi connectivity index (χ0n) is 9.67. The molecule has 3 heteroatoms. The van der Waals surface area contributed by atoms with Crippen LogP contribution >= 0.6 is 15.9 Å². The molecule has 0 saturated carbocycles. The standard InChI is InChI=1S/C12H22BrNO/c1-2-5-11-7-9-14(10-11)12(15)6-3-4-8-13/h11H,2-10H2,1H3. The van der Waals surface area contributed by atoms with Crippen molar-refractivity contribution in [1.82, 2.24) is 4.90 Å². The predicted molar refractivity (Wildman–Crippen MR) is 67.2 cm³/mol. The molecular formula is C12H22BrNO. The first-order chi connectivity index (χ1) is 7.27. The van der Waals surface area contributed by atoms with Crippen LogP contribution in [0.3, 0.4) is 0 Å². The Kier molecular flexibility index (Phi) is 6.30. The molecule has 1 aliphatic heterocycles. The van der Waals surface area contributed by atoms with Crippen molar-refractivity contribution in [1.29, 1.82) is 0 Å². The van der Waals surface area contributed by atoms with Crippen molar-refractivity contribution in [2.75, 3.05) is 18.4 Å². The molecule has 0 bridgehead atoms. The number of hydrogen-bond acceptors (Lipinski definition) is 1. The Morgan fingerprint density at radius 2 is 2.27 bits per heavy atom. The minimum absolute atomic E-state index is 0.370. The van der Waals surface area contributed by atoms with Gasteiger partial charge in [-0.25, -0.2) is 0 Å². The number of hydrogen-bond donors (Lipinski definition) is 0. The molecular weight excluding hydrogens is 254 g/mol. The minimum atomic E-state index is 0.370. The molecule has 1 heterocycles. The first kappa shape index (κ1) is 13.0. The summed E-state index contributed by atoms with van der Waals surface area (Å²) in [4.78, 5) is 13.8. The summed E-state index contributed by atoms with van der Waals surface area (Å²) in [5.74, 6) is 1.14. The van der Waals surface area contributed by atoms with E-state index in [1.165, 1.54) is 19.3 Å². The highest BCUT2D eigenvalue weighted by molar-refractivity contribution is 9.09. The summed E-state index contributed by atoms with van der Waals surface area (Å²) < 4.78 is 0. The van der Waals surface area contributed by atoms with Crippen LogP contribution in [0.2, 0.25) is 0 Å². The van der Waals surface area contributed by atoms with Crippen molar-refractivity contribution < 1.29 is 4.79 Å². The molecule has 1 saturated heterocycles. The minimum Gasteiger partial charge on any atom is -0.342 e. The largest absolute Gasteiger partial charge is 0.342 e. The number of amides is 1. The number of halogens is 1. The average Bonchev–Trinajstić information content (AvgIpc) is 2.67. The number of nitrogens with zero attached hydrogens (tertiary/aromatic N) is 1. The Morgan fingerprint density at radius 1 is 1.47 bits per heavy atom. The van der Waals surface area contributed by atoms with E-state index in [-0.39, 0.29) is 0 Å². The Balaban J connectivity index is 2.18. The van der Waals surface area contributed by atoms with Crippen molar-refractivity contribution >= 4 is 21.8 Å². The van der Waals surface area contributed by atoms with Crippen molar-refractivity contribution in [2.45, 2.75) is 45.4 Å². The molecule has 0 radical (unpaired) electrons. The maximum absolute atomic E-state index is 11.8. The van der Waals surface area contributed by atoms with Gasteiger partial charge in [0.15, 0.2) is 0 Å². The first-order valence-corrected chi connectivity index (χ1v) is 7.23. The summed E-state index contributed by atoms with van der Waals surface area (Å²) in [6.45, 7) is 4.24. The van der Waals surface area contributed by atoms with E-state index in [0.717, 1.165) is 43.6 Å². The molecule has 0 N–H and O–H groups in total. The molecule has 88 valence electrons. The lowest BCUT2D eigenvalue weighted by Crippen LogP contribution is -2.28. The summed E-state index contributed by atoms with van der Waals surface area (Å²) in [6.07, 6.45) is 6.63. The molecule has 0 aromatic rings. The highest BCUT2D eigenvalue weighted by atomic mass is 79.9. The fraction of sp³-hybridized carbons (Fsp3) is 0.917. The number of alkyl halides is 1. The molecule has 1 aliphatic rings. The number of carbonyl (C=O) groups is 1. The lowest BCUT2D eigenvalue weighted by Gasteiger charge is -2.16. The summed E-state index contributed by atoms with van der Waals surface area (Å²) in [6, 6.07) is 0. The number of unbranched alkanes of at least 4 members (excludes halogenated alkanes) is 1. The number of rotatable bonds is 6. The van der Waals surface area contributed by atoms with Gasteiger partial charge in [0.05, 0.1) is 0 Å². The van der Waals surface area contributed by atoms with Crippen molar-refractivity contribution in [2.24, 2.45) is 5.92 Å². The Morgan fingerprint density at radius 3 is 2.93 bits per heavy atom. The highest BCUT2D eigenvalue weighted by Crippen LogP contribution is 2.21. The number of carbonyl (C=O) groups excluding carboxylic acids is 1. The molecule has 2 nitrogen and oxygen atoms in total. The third-order valence-electron chi connectivity index (χ3n) is 3.11. The zero-order chi connectivity index (χ0) is 11.1. The normalized spacial score (nSPS) is 20.9. The fourth-order valence-electron chi connectivity index (χ4n) is 2.23. The average molecular weight is 276 g/mol. The fourth-order valence-corrected chi connectivity index (χ4v) is 2.63. The highest BCUT2D eigenvalue weighted by Gasteiger charge is 2.24. The third kappa shape index (κ3) is 4.54. The SMILES string of the molecule is CCCC1CCN(C(=O)CCCCBr)C1. The summed E-state index contributed by atoms with van der Waals surface area (Å²) >= 11 is 3.39. The van der Waals surface area contributed by atoms with Gasteiger partial charge in [-0.3, -0.25) is 4.79 Å². The van der Waals surface area contributed by atoms with Crippen LogP contribution in [0.15, 0.2) is 0 Å². The van der Waals surface area contributed by atoms with Gasteiger partial charge in [0.25, 0.3) is 0 Å². The van der Waals surface area contributed by atoms with Crippen LogP contribution in [0.1, 0.15) is 45.4 Å². The molecule has 1 amide bonds. The van der Waals surface area contributed by atoms with E-state index in [1.807, 2.05) is 0 Å². The van der Waals surface area contributed by atoms with E-state index in [9.17, 15) is 4.79 Å². The second-order valence-corrected chi connectivity index (χ2v) is 5.22. The summed E-state index contributed by atoms with van der Waals surface area (Å²) in [7, 11) is 0. The monoisotopic (exact) mass is 275 g/mol. The van der Waals surface area contributed by atoms with Crippen molar-refractivity contribution in [3.05, 3.63) is 0 Å². The van der Waals surface area contributed by atoms with Crippen LogP contribution in [-0.4, -0.2) is 29.2 Å². The lowest BCUT2D eigenvalue weighted by molar-refractivity contribution is -0.130. The van der Waals surface area contributed by atoms with Gasteiger partial charge < -0.3 is 4.90 Å². The molecule has 0 aliphatic carbocycles. The third-order valence-corrected chi connectivity index (χ3v) is 3.67. The Bertz CT molecular complexity index is 196. The molecule has 1 atom stereocenters. The lowest BCUT2D eigenvalue weighted by atomic mass is 10.0. The van der Waals surface area contributed by atoms with Crippen molar-refractivity contribution in [3.8, 4) is 0 Å². The smallest absolute Gasteiger partial charge is 0.222 e. The van der Waals surface area contributed by atoms with E-state index < -0.39 is 0 Å². The molecule has 1 rings (SSSR count). The zero-order valence-corrected chi connectivity index (χ0v) is 11.3. The molecule has 0 aromatic heterocycles. The van der Waals surface area contributed by atoms with E-state index in [0.29, 0.717) is 5.91 Å². The van der Waals surface area contributed by atoms with Gasteiger partial charge in [0, 0.05) is 24.8 Å². The Hall–Kier alpha value is -0.0500. The van der Waals surface area contributed by atoms with E-state index in [1.54, 1.807) is 0 Å². The second-order valence-electron chi connectivity index (χ2n) is 4.43. The van der Waals surface area contributed by atoms with Crippen LogP contribution in [0.5, 0.6) is 0 Å². The van der Waals surface area contributed by atoms with E-state index >= 15 is 0 Å². The summed E-state index contributed by atoms with van der Waals surface area (Å²) in [5, 5.41) is 1.01. The maximum atomic E-state index is 11.8. The first-order valence-electron chi connectivity index (χ1n) is 6.11. The van der Waals surface area contributed by atoms with Gasteiger partial charge in [-0.15, -0.1) is 0 Å². The second kappa shape index (κ2) is 7.26. The maximum Gasteiger partial charge on any atom is 0.222 e. The molecule has 0 aromatic carbocycles. The van der Waals surface area contributed by atoms with E-state index in [4.69, 9.17) is 0 Å². The van der Waals surface area contributed by atoms with Crippen LogP contribution in [0.25, 0.3) is 0 Å². The predicted octanol–water partition coefficient (Wildman–Crippen LogP) is 3.20. The molecule has 15 heavy (non-hydrogen) atoms.